The van der Waals surface area contributed by atoms with E-state index in [9.17, 15) is 4.79 Å². The van der Waals surface area contributed by atoms with Crippen molar-refractivity contribution in [3.05, 3.63) is 60.7 Å². The van der Waals surface area contributed by atoms with Gasteiger partial charge in [0, 0.05) is 14.6 Å². The molecule has 101 valence electrons. The first-order valence-electron chi connectivity index (χ1n) is 6.94. The first-order valence-corrected chi connectivity index (χ1v) is 8.24. The fourth-order valence-electron chi connectivity index (χ4n) is 2.69. The van der Waals surface area contributed by atoms with E-state index in [4.69, 9.17) is 0 Å². The number of nitrogens with zero attached hydrogens (tertiary/aromatic N) is 1. The van der Waals surface area contributed by atoms with Gasteiger partial charge in [-0.1, -0.05) is 60.7 Å². The molecule has 2 aromatic carbocycles. The fourth-order valence-corrected chi connectivity index (χ4v) is 5.28. The summed E-state index contributed by atoms with van der Waals surface area (Å²) in [7, 11) is -0.626. The van der Waals surface area contributed by atoms with E-state index in [-0.39, 0.29) is 6.04 Å². The molecular weight excluding hydrogens is 265 g/mol. The smallest absolute Gasteiger partial charge is 0.217 e. The zero-order valence-electron chi connectivity index (χ0n) is 11.3. The standard InChI is InChI=1S/C17H17NOP/c19-14-15-8-7-13-18(15)20(16-9-3-1-4-10-16)17-11-5-2-6-12-17/h1-6,9-12,15H,7-8,13H2. The molecule has 0 spiro atoms. The van der Waals surface area contributed by atoms with Crippen molar-refractivity contribution in [3.8, 4) is 0 Å². The predicted octanol–water partition coefficient (Wildman–Crippen LogP) is 2.61. The van der Waals surface area contributed by atoms with Crippen LogP contribution in [0.15, 0.2) is 60.7 Å². The fraction of sp³-hybridized carbons (Fsp3) is 0.235. The van der Waals surface area contributed by atoms with Crippen molar-refractivity contribution >= 4 is 25.0 Å². The largest absolute Gasteiger partial charge is 0.289 e. The molecule has 1 atom stereocenters. The quantitative estimate of drug-likeness (QED) is 0.803. The Morgan fingerprint density at radius 3 is 2.00 bits per heavy atom. The second kappa shape index (κ2) is 6.30. The molecular formula is C17H17NOP. The highest BCUT2D eigenvalue weighted by Gasteiger charge is 2.32. The van der Waals surface area contributed by atoms with Crippen molar-refractivity contribution < 1.29 is 4.79 Å². The molecule has 0 aromatic heterocycles. The normalized spacial score (nSPS) is 19.4. The lowest BCUT2D eigenvalue weighted by atomic mass is 10.2. The molecule has 0 saturated carbocycles. The molecule has 1 heterocycles. The molecule has 1 unspecified atom stereocenters. The van der Waals surface area contributed by atoms with E-state index in [1.807, 2.05) is 12.1 Å². The van der Waals surface area contributed by atoms with Gasteiger partial charge in [-0.3, -0.25) is 9.46 Å². The van der Waals surface area contributed by atoms with Gasteiger partial charge in [0.05, 0.1) is 6.04 Å². The second-order valence-corrected chi connectivity index (χ2v) is 7.09. The molecule has 0 N–H and O–H groups in total. The highest BCUT2D eigenvalue weighted by molar-refractivity contribution is 7.70. The van der Waals surface area contributed by atoms with Crippen LogP contribution in [0.25, 0.3) is 0 Å². The topological polar surface area (TPSA) is 20.3 Å². The SMILES string of the molecule is O=[C]C1CCCN1P(c1ccccc1)c1ccccc1. The summed E-state index contributed by atoms with van der Waals surface area (Å²) < 4.78 is 2.34. The summed E-state index contributed by atoms with van der Waals surface area (Å²) in [5.41, 5.74) is 0. The van der Waals surface area contributed by atoms with Gasteiger partial charge in [0.2, 0.25) is 6.29 Å². The molecule has 1 aliphatic rings. The zero-order chi connectivity index (χ0) is 13.8. The molecule has 0 amide bonds. The highest BCUT2D eigenvalue weighted by atomic mass is 31.1. The van der Waals surface area contributed by atoms with Gasteiger partial charge in [-0.2, -0.15) is 0 Å². The molecule has 3 heteroatoms. The van der Waals surface area contributed by atoms with Crippen molar-refractivity contribution in [1.29, 1.82) is 0 Å². The monoisotopic (exact) mass is 282 g/mol. The van der Waals surface area contributed by atoms with Gasteiger partial charge >= 0.3 is 0 Å². The van der Waals surface area contributed by atoms with Crippen LogP contribution in [0.4, 0.5) is 0 Å². The van der Waals surface area contributed by atoms with Crippen LogP contribution in [0.3, 0.4) is 0 Å². The first kappa shape index (κ1) is 13.5. The average molecular weight is 282 g/mol. The lowest BCUT2D eigenvalue weighted by Crippen LogP contribution is -2.33. The number of hydrogen-bond donors (Lipinski definition) is 0. The Morgan fingerprint density at radius 1 is 0.950 bits per heavy atom. The third kappa shape index (κ3) is 2.67. The van der Waals surface area contributed by atoms with E-state index in [2.05, 4.69) is 59.5 Å². The maximum Gasteiger partial charge on any atom is 0.217 e. The summed E-state index contributed by atoms with van der Waals surface area (Å²) >= 11 is 0. The Morgan fingerprint density at radius 2 is 1.50 bits per heavy atom. The van der Waals surface area contributed by atoms with Gasteiger partial charge in [0.15, 0.2) is 0 Å². The molecule has 0 aliphatic carbocycles. The third-order valence-corrected chi connectivity index (χ3v) is 6.19. The first-order chi connectivity index (χ1) is 9.90. The average Bonchev–Trinajstić information content (AvgIpc) is 2.98. The summed E-state index contributed by atoms with van der Waals surface area (Å²) in [5.74, 6) is 0. The van der Waals surface area contributed by atoms with Crippen LogP contribution in [0.1, 0.15) is 12.8 Å². The molecule has 1 radical (unpaired) electrons. The van der Waals surface area contributed by atoms with Gasteiger partial charge in [-0.15, -0.1) is 0 Å². The number of hydrogen-bond acceptors (Lipinski definition) is 2. The lowest BCUT2D eigenvalue weighted by Gasteiger charge is -2.31. The number of rotatable bonds is 4. The molecule has 1 aliphatic heterocycles. The van der Waals surface area contributed by atoms with E-state index in [0.29, 0.717) is 0 Å². The molecule has 2 nitrogen and oxygen atoms in total. The van der Waals surface area contributed by atoms with Crippen LogP contribution in [-0.2, 0) is 4.79 Å². The zero-order valence-corrected chi connectivity index (χ0v) is 12.2. The molecule has 1 saturated heterocycles. The minimum atomic E-state index is -0.626. The van der Waals surface area contributed by atoms with Gasteiger partial charge in [-0.25, -0.2) is 0 Å². The second-order valence-electron chi connectivity index (χ2n) is 4.92. The highest BCUT2D eigenvalue weighted by Crippen LogP contribution is 2.43. The van der Waals surface area contributed by atoms with E-state index in [0.717, 1.165) is 19.4 Å². The molecule has 1 fully saturated rings. The predicted molar refractivity (Wildman–Crippen MR) is 84.5 cm³/mol. The minimum Gasteiger partial charge on any atom is -0.289 e. The van der Waals surface area contributed by atoms with Crippen molar-refractivity contribution in [3.63, 3.8) is 0 Å². The summed E-state index contributed by atoms with van der Waals surface area (Å²) in [5, 5.41) is 2.60. The van der Waals surface area contributed by atoms with E-state index in [1.54, 1.807) is 0 Å². The van der Waals surface area contributed by atoms with Gasteiger partial charge in [0.25, 0.3) is 0 Å². The maximum atomic E-state index is 11.2. The van der Waals surface area contributed by atoms with Gasteiger partial charge in [0.1, 0.15) is 0 Å². The molecule has 20 heavy (non-hydrogen) atoms. The van der Waals surface area contributed by atoms with E-state index in [1.165, 1.54) is 10.6 Å². The van der Waals surface area contributed by atoms with Crippen LogP contribution >= 0.6 is 8.07 Å². The Labute approximate surface area is 121 Å². The van der Waals surface area contributed by atoms with Crippen LogP contribution in [0.5, 0.6) is 0 Å². The Kier molecular flexibility index (Phi) is 4.25. The van der Waals surface area contributed by atoms with Crippen molar-refractivity contribution in [2.45, 2.75) is 18.9 Å². The third-order valence-electron chi connectivity index (χ3n) is 3.62. The van der Waals surface area contributed by atoms with Crippen LogP contribution in [0, 0.1) is 0 Å². The summed E-state index contributed by atoms with van der Waals surface area (Å²) in [6, 6.07) is 21.0. The van der Waals surface area contributed by atoms with Crippen molar-refractivity contribution in [2.24, 2.45) is 0 Å². The molecule has 0 bridgehead atoms. The Hall–Kier alpha value is -1.50. The molecule has 2 aromatic rings. The van der Waals surface area contributed by atoms with Crippen LogP contribution in [0.2, 0.25) is 0 Å². The van der Waals surface area contributed by atoms with Crippen molar-refractivity contribution in [1.82, 2.24) is 4.67 Å². The van der Waals surface area contributed by atoms with E-state index >= 15 is 0 Å². The number of benzene rings is 2. The van der Waals surface area contributed by atoms with Crippen molar-refractivity contribution in [2.75, 3.05) is 6.54 Å². The number of carbonyl (C=O) groups excluding carboxylic acids is 1. The van der Waals surface area contributed by atoms with Crippen LogP contribution in [-0.4, -0.2) is 23.5 Å². The summed E-state index contributed by atoms with van der Waals surface area (Å²) in [4.78, 5) is 11.2. The maximum absolute atomic E-state index is 11.2. The Bertz CT molecular complexity index is 518. The summed E-state index contributed by atoms with van der Waals surface area (Å²) in [6.45, 7) is 0.982. The van der Waals surface area contributed by atoms with E-state index < -0.39 is 8.07 Å². The Balaban J connectivity index is 2.02. The van der Waals surface area contributed by atoms with Crippen LogP contribution < -0.4 is 10.6 Å². The lowest BCUT2D eigenvalue weighted by molar-refractivity contribution is 0.469. The molecule has 3 rings (SSSR count). The summed E-state index contributed by atoms with van der Waals surface area (Å²) in [6.07, 6.45) is 4.24. The van der Waals surface area contributed by atoms with Gasteiger partial charge < -0.3 is 0 Å². The van der Waals surface area contributed by atoms with Gasteiger partial charge in [-0.05, 0) is 23.5 Å². The minimum absolute atomic E-state index is 0.0541.